The molecule has 1 fully saturated rings. The van der Waals surface area contributed by atoms with E-state index in [1.807, 2.05) is 27.7 Å². The quantitative estimate of drug-likeness (QED) is 0.767. The number of amides is 2. The Balaban J connectivity index is 1.96. The van der Waals surface area contributed by atoms with E-state index in [1.165, 1.54) is 11.3 Å². The van der Waals surface area contributed by atoms with Crippen molar-refractivity contribution in [3.8, 4) is 5.88 Å². The average molecular weight is 439 g/mol. The molecular formula is C19H26N4O4S2. The van der Waals surface area contributed by atoms with Crippen molar-refractivity contribution in [3.05, 3.63) is 16.3 Å². The van der Waals surface area contributed by atoms with Crippen LogP contribution in [0.25, 0.3) is 10.2 Å². The molecule has 0 radical (unpaired) electrons. The number of hydrogen-bond acceptors (Lipinski definition) is 8. The van der Waals surface area contributed by atoms with Crippen LogP contribution in [0.1, 0.15) is 41.8 Å². The van der Waals surface area contributed by atoms with Crippen molar-refractivity contribution < 1.29 is 19.1 Å². The largest absolute Gasteiger partial charge is 0.480 e. The summed E-state index contributed by atoms with van der Waals surface area (Å²) in [5.41, 5.74) is 0.413. The van der Waals surface area contributed by atoms with Gasteiger partial charge in [-0.3, -0.25) is 9.59 Å². The van der Waals surface area contributed by atoms with Crippen LogP contribution in [0.15, 0.2) is 0 Å². The third-order valence-electron chi connectivity index (χ3n) is 4.41. The molecule has 1 N–H and O–H groups in total. The highest BCUT2D eigenvalue weighted by atomic mass is 32.2. The predicted molar refractivity (Wildman–Crippen MR) is 115 cm³/mol. The van der Waals surface area contributed by atoms with E-state index in [2.05, 4.69) is 15.3 Å². The van der Waals surface area contributed by atoms with Gasteiger partial charge in [-0.15, -0.1) is 23.1 Å². The van der Waals surface area contributed by atoms with Gasteiger partial charge in [0.1, 0.15) is 17.5 Å². The maximum absolute atomic E-state index is 13.4. The van der Waals surface area contributed by atoms with Crippen molar-refractivity contribution in [2.75, 3.05) is 25.8 Å². The zero-order chi connectivity index (χ0) is 21.3. The number of nitrogens with one attached hydrogen (secondary N) is 1. The molecule has 158 valence electrons. The SMILES string of the molecule is COCc1nc(OC)c2c(C)c(C(=O)N3CSCC3C(=O)NC(C)(C)C)sc2n1. The van der Waals surface area contributed by atoms with Crippen LogP contribution in [0.4, 0.5) is 0 Å². The first-order valence-corrected chi connectivity index (χ1v) is 11.2. The molecule has 0 aromatic carbocycles. The number of thiophene rings is 1. The Kier molecular flexibility index (Phi) is 6.35. The van der Waals surface area contributed by atoms with E-state index in [4.69, 9.17) is 9.47 Å². The molecule has 2 aromatic heterocycles. The fraction of sp³-hybridized carbons (Fsp3) is 0.579. The molecule has 0 saturated carbocycles. The van der Waals surface area contributed by atoms with Gasteiger partial charge in [-0.05, 0) is 33.3 Å². The van der Waals surface area contributed by atoms with Crippen molar-refractivity contribution >= 4 is 45.1 Å². The van der Waals surface area contributed by atoms with Crippen LogP contribution in [-0.4, -0.2) is 64.1 Å². The van der Waals surface area contributed by atoms with Crippen LogP contribution in [0.2, 0.25) is 0 Å². The highest BCUT2D eigenvalue weighted by molar-refractivity contribution is 7.99. The number of nitrogens with zero attached hydrogens (tertiary/aromatic N) is 3. The van der Waals surface area contributed by atoms with Crippen molar-refractivity contribution in [2.45, 2.75) is 45.9 Å². The molecule has 1 saturated heterocycles. The lowest BCUT2D eigenvalue weighted by molar-refractivity contribution is -0.125. The van der Waals surface area contributed by atoms with Gasteiger partial charge in [0.2, 0.25) is 11.8 Å². The fourth-order valence-electron chi connectivity index (χ4n) is 3.13. The molecule has 10 heteroatoms. The van der Waals surface area contributed by atoms with Crippen molar-refractivity contribution in [3.63, 3.8) is 0 Å². The number of carbonyl (C=O) groups is 2. The Bertz CT molecular complexity index is 938. The van der Waals surface area contributed by atoms with E-state index in [0.717, 1.165) is 10.9 Å². The highest BCUT2D eigenvalue weighted by Crippen LogP contribution is 2.37. The highest BCUT2D eigenvalue weighted by Gasteiger charge is 2.37. The van der Waals surface area contributed by atoms with Crippen LogP contribution in [0.3, 0.4) is 0 Å². The van der Waals surface area contributed by atoms with E-state index in [0.29, 0.717) is 33.0 Å². The number of thioether (sulfide) groups is 1. The van der Waals surface area contributed by atoms with Gasteiger partial charge in [-0.2, -0.15) is 4.98 Å². The van der Waals surface area contributed by atoms with Crippen LogP contribution >= 0.6 is 23.1 Å². The van der Waals surface area contributed by atoms with Crippen LogP contribution < -0.4 is 10.1 Å². The van der Waals surface area contributed by atoms with Crippen LogP contribution in [-0.2, 0) is 16.1 Å². The third-order valence-corrected chi connectivity index (χ3v) is 6.59. The summed E-state index contributed by atoms with van der Waals surface area (Å²) in [7, 11) is 3.11. The molecule has 0 spiro atoms. The molecule has 0 bridgehead atoms. The van der Waals surface area contributed by atoms with Crippen LogP contribution in [0, 0.1) is 6.92 Å². The summed E-state index contributed by atoms with van der Waals surface area (Å²) in [4.78, 5) is 37.8. The molecule has 1 aliphatic heterocycles. The zero-order valence-corrected chi connectivity index (χ0v) is 19.1. The topological polar surface area (TPSA) is 93.7 Å². The summed E-state index contributed by atoms with van der Waals surface area (Å²) in [6, 6.07) is -0.492. The molecule has 29 heavy (non-hydrogen) atoms. The van der Waals surface area contributed by atoms with E-state index in [9.17, 15) is 9.59 Å². The van der Waals surface area contributed by atoms with Crippen molar-refractivity contribution in [1.29, 1.82) is 0 Å². The van der Waals surface area contributed by atoms with Gasteiger partial charge in [0.05, 0.1) is 23.2 Å². The Morgan fingerprint density at radius 2 is 2.00 bits per heavy atom. The number of hydrogen-bond donors (Lipinski definition) is 1. The molecule has 8 nitrogen and oxygen atoms in total. The maximum Gasteiger partial charge on any atom is 0.265 e. The number of ether oxygens (including phenoxy) is 2. The minimum absolute atomic E-state index is 0.130. The molecule has 3 rings (SSSR count). The first kappa shape index (κ1) is 21.8. The molecular weight excluding hydrogens is 412 g/mol. The van der Waals surface area contributed by atoms with Gasteiger partial charge in [0.15, 0.2) is 5.82 Å². The third kappa shape index (κ3) is 4.49. The average Bonchev–Trinajstić information content (AvgIpc) is 3.25. The first-order valence-electron chi connectivity index (χ1n) is 9.20. The second-order valence-electron chi connectivity index (χ2n) is 7.85. The summed E-state index contributed by atoms with van der Waals surface area (Å²) in [6.07, 6.45) is 0. The number of aromatic nitrogens is 2. The first-order chi connectivity index (χ1) is 13.7. The number of aryl methyl sites for hydroxylation is 1. The number of carbonyl (C=O) groups excluding carboxylic acids is 2. The Labute approximate surface area is 178 Å². The predicted octanol–water partition coefficient (Wildman–Crippen LogP) is 2.58. The summed E-state index contributed by atoms with van der Waals surface area (Å²) >= 11 is 2.87. The summed E-state index contributed by atoms with van der Waals surface area (Å²) in [5, 5.41) is 3.70. The number of methoxy groups -OCH3 is 2. The summed E-state index contributed by atoms with van der Waals surface area (Å²) < 4.78 is 10.6. The van der Waals surface area contributed by atoms with Gasteiger partial charge in [-0.1, -0.05) is 0 Å². The van der Waals surface area contributed by atoms with Gasteiger partial charge in [0, 0.05) is 18.4 Å². The van der Waals surface area contributed by atoms with Gasteiger partial charge in [-0.25, -0.2) is 4.98 Å². The van der Waals surface area contributed by atoms with Gasteiger partial charge in [0.25, 0.3) is 5.91 Å². The lowest BCUT2D eigenvalue weighted by Crippen LogP contribution is -2.52. The molecule has 0 aliphatic carbocycles. The fourth-order valence-corrected chi connectivity index (χ4v) is 5.43. The Hall–Kier alpha value is -1.91. The summed E-state index contributed by atoms with van der Waals surface area (Å²) in [5.74, 6) is 1.68. The lowest BCUT2D eigenvalue weighted by atomic mass is 10.1. The number of fused-ring (bicyclic) bond motifs is 1. The molecule has 1 atom stereocenters. The minimum atomic E-state index is -0.492. The van der Waals surface area contributed by atoms with E-state index >= 15 is 0 Å². The second-order valence-corrected chi connectivity index (χ2v) is 9.85. The van der Waals surface area contributed by atoms with Crippen molar-refractivity contribution in [1.82, 2.24) is 20.2 Å². The minimum Gasteiger partial charge on any atom is -0.480 e. The Morgan fingerprint density at radius 1 is 1.28 bits per heavy atom. The normalized spacial score (nSPS) is 17.0. The van der Waals surface area contributed by atoms with E-state index < -0.39 is 6.04 Å². The second kappa shape index (κ2) is 8.45. The lowest BCUT2D eigenvalue weighted by Gasteiger charge is -2.27. The van der Waals surface area contributed by atoms with Gasteiger partial charge < -0.3 is 19.7 Å². The maximum atomic E-state index is 13.4. The monoisotopic (exact) mass is 438 g/mol. The standard InChI is InChI=1S/C19H26N4O4S2/c1-10-13-16(27-6)20-12(7-26-5)21-17(13)29-14(10)18(25)23-9-28-8-11(23)15(24)22-19(2,3)4/h11H,7-9H2,1-6H3,(H,22,24). The number of rotatable bonds is 5. The summed E-state index contributed by atoms with van der Waals surface area (Å²) in [6.45, 7) is 7.90. The van der Waals surface area contributed by atoms with Crippen molar-refractivity contribution in [2.24, 2.45) is 0 Å². The van der Waals surface area contributed by atoms with E-state index in [1.54, 1.807) is 30.9 Å². The zero-order valence-electron chi connectivity index (χ0n) is 17.5. The van der Waals surface area contributed by atoms with Gasteiger partial charge >= 0.3 is 0 Å². The Morgan fingerprint density at radius 3 is 2.62 bits per heavy atom. The smallest absolute Gasteiger partial charge is 0.265 e. The molecule has 1 aliphatic rings. The van der Waals surface area contributed by atoms with Crippen LogP contribution in [0.5, 0.6) is 5.88 Å². The molecule has 1 unspecified atom stereocenters. The molecule has 2 aromatic rings. The molecule has 2 amide bonds. The van der Waals surface area contributed by atoms with E-state index in [-0.39, 0.29) is 24.0 Å². The molecule has 3 heterocycles.